The monoisotopic (exact) mass is 388 g/mol. The number of rotatable bonds is 10. The Kier molecular flexibility index (Phi) is 8.78. The number of esters is 1. The second kappa shape index (κ2) is 11.6. The third-order valence-corrected chi connectivity index (χ3v) is 3.98. The molecule has 0 fully saturated rings. The van der Waals surface area contributed by atoms with Crippen molar-refractivity contribution in [3.8, 4) is 5.75 Å². The van der Waals surface area contributed by atoms with E-state index in [1.54, 1.807) is 36.4 Å². The van der Waals surface area contributed by atoms with E-state index in [4.69, 9.17) is 4.74 Å². The van der Waals surface area contributed by atoms with E-state index in [9.17, 15) is 14.0 Å². The molecule has 0 aliphatic rings. The van der Waals surface area contributed by atoms with E-state index in [2.05, 4.69) is 15.4 Å². The quantitative estimate of drug-likeness (QED) is 0.471. The Bertz CT molecular complexity index is 765. The van der Waals surface area contributed by atoms with Crippen LogP contribution in [0.25, 0.3) is 0 Å². The molecule has 2 aromatic carbocycles. The lowest BCUT2D eigenvalue weighted by atomic mass is 10.2. The van der Waals surface area contributed by atoms with Crippen molar-refractivity contribution in [3.05, 3.63) is 59.9 Å². The molecule has 2 rings (SSSR count). The summed E-state index contributed by atoms with van der Waals surface area (Å²) in [5, 5.41) is 5.53. The maximum Gasteiger partial charge on any atom is 0.319 e. The smallest absolute Gasteiger partial charge is 0.319 e. The summed E-state index contributed by atoms with van der Waals surface area (Å²) in [5.74, 6) is 0.0987. The molecule has 0 unspecified atom stereocenters. The minimum absolute atomic E-state index is 0.216. The first-order chi connectivity index (χ1) is 13.6. The van der Waals surface area contributed by atoms with Crippen LogP contribution in [0.15, 0.2) is 48.5 Å². The van der Waals surface area contributed by atoms with Crippen LogP contribution < -0.4 is 15.4 Å². The molecule has 0 spiro atoms. The van der Waals surface area contributed by atoms with Crippen LogP contribution in [-0.2, 0) is 16.1 Å². The molecular weight excluding hydrogens is 363 g/mol. The topological polar surface area (TPSA) is 76.7 Å². The molecule has 2 N–H and O–H groups in total. The van der Waals surface area contributed by atoms with Crippen molar-refractivity contribution in [1.82, 2.24) is 5.32 Å². The summed E-state index contributed by atoms with van der Waals surface area (Å²) in [6.07, 6.45) is 2.75. The molecule has 0 aromatic heterocycles. The van der Waals surface area contributed by atoms with Crippen LogP contribution in [0, 0.1) is 5.82 Å². The van der Waals surface area contributed by atoms with Crippen LogP contribution in [0.2, 0.25) is 0 Å². The van der Waals surface area contributed by atoms with Crippen LogP contribution in [0.3, 0.4) is 0 Å². The zero-order valence-electron chi connectivity index (χ0n) is 15.9. The van der Waals surface area contributed by atoms with E-state index in [1.807, 2.05) is 0 Å². The number of benzene rings is 2. The molecule has 0 bridgehead atoms. The molecule has 7 heteroatoms. The summed E-state index contributed by atoms with van der Waals surface area (Å²) < 4.78 is 23.2. The zero-order chi connectivity index (χ0) is 20.2. The zero-order valence-corrected chi connectivity index (χ0v) is 15.9. The summed E-state index contributed by atoms with van der Waals surface area (Å²) in [6.45, 7) is 0.829. The molecule has 28 heavy (non-hydrogen) atoms. The van der Waals surface area contributed by atoms with E-state index < -0.39 is 0 Å². The van der Waals surface area contributed by atoms with Gasteiger partial charge in [0.25, 0.3) is 0 Å². The van der Waals surface area contributed by atoms with Gasteiger partial charge in [-0.15, -0.1) is 0 Å². The van der Waals surface area contributed by atoms with Crippen molar-refractivity contribution in [1.29, 1.82) is 0 Å². The van der Waals surface area contributed by atoms with Crippen molar-refractivity contribution in [2.24, 2.45) is 0 Å². The molecule has 0 heterocycles. The fraction of sp³-hybridized carbons (Fsp3) is 0.333. The van der Waals surface area contributed by atoms with Gasteiger partial charge in [0, 0.05) is 24.7 Å². The summed E-state index contributed by atoms with van der Waals surface area (Å²) in [5.41, 5.74) is 1.46. The first-order valence-corrected chi connectivity index (χ1v) is 9.16. The Morgan fingerprint density at radius 3 is 2.57 bits per heavy atom. The number of ether oxygens (including phenoxy) is 2. The number of amides is 2. The number of nitrogens with one attached hydrogen (secondary N) is 2. The maximum absolute atomic E-state index is 12.9. The third kappa shape index (κ3) is 8.07. The average Bonchev–Trinajstić information content (AvgIpc) is 2.70. The van der Waals surface area contributed by atoms with Crippen LogP contribution in [-0.4, -0.2) is 25.7 Å². The molecule has 0 aliphatic carbocycles. The lowest BCUT2D eigenvalue weighted by Gasteiger charge is -2.10. The van der Waals surface area contributed by atoms with Crippen molar-refractivity contribution in [2.75, 3.05) is 19.0 Å². The molecule has 0 saturated heterocycles. The van der Waals surface area contributed by atoms with Gasteiger partial charge in [-0.2, -0.15) is 0 Å². The predicted molar refractivity (Wildman–Crippen MR) is 105 cm³/mol. The summed E-state index contributed by atoms with van der Waals surface area (Å²) in [4.78, 5) is 22.9. The van der Waals surface area contributed by atoms with Gasteiger partial charge in [-0.25, -0.2) is 9.18 Å². The largest absolute Gasteiger partial charge is 0.489 e. The highest BCUT2D eigenvalue weighted by Crippen LogP contribution is 2.18. The molecule has 0 saturated carbocycles. The van der Waals surface area contributed by atoms with E-state index >= 15 is 0 Å². The Labute approximate surface area is 164 Å². The van der Waals surface area contributed by atoms with E-state index in [0.29, 0.717) is 31.0 Å². The number of methoxy groups -OCH3 is 1. The molecule has 6 nitrogen and oxygen atoms in total. The number of hydrogen-bond donors (Lipinski definition) is 2. The molecular formula is C21H25FN2O4. The van der Waals surface area contributed by atoms with Gasteiger partial charge in [0.15, 0.2) is 0 Å². The van der Waals surface area contributed by atoms with Crippen LogP contribution in [0.5, 0.6) is 5.75 Å². The number of unbranched alkanes of at least 4 members (excludes halogenated alkanes) is 2. The fourth-order valence-electron chi connectivity index (χ4n) is 2.46. The van der Waals surface area contributed by atoms with Crippen molar-refractivity contribution >= 4 is 17.7 Å². The highest BCUT2D eigenvalue weighted by Gasteiger charge is 2.04. The first-order valence-electron chi connectivity index (χ1n) is 9.16. The molecule has 0 aliphatic heterocycles. The number of carbonyl (C=O) groups is 2. The summed E-state index contributed by atoms with van der Waals surface area (Å²) in [7, 11) is 1.37. The third-order valence-electron chi connectivity index (χ3n) is 3.98. The number of anilines is 1. The lowest BCUT2D eigenvalue weighted by Crippen LogP contribution is -2.29. The van der Waals surface area contributed by atoms with Gasteiger partial charge in [-0.1, -0.05) is 24.6 Å². The second-order valence-electron chi connectivity index (χ2n) is 6.21. The van der Waals surface area contributed by atoms with E-state index in [0.717, 1.165) is 24.8 Å². The van der Waals surface area contributed by atoms with Gasteiger partial charge < -0.3 is 20.1 Å². The number of urea groups is 1. The van der Waals surface area contributed by atoms with Crippen LogP contribution >= 0.6 is 0 Å². The van der Waals surface area contributed by atoms with Gasteiger partial charge >= 0.3 is 12.0 Å². The SMILES string of the molecule is COC(=O)CCCCCNC(=O)Nc1cccc(OCc2ccc(F)cc2)c1. The molecule has 0 radical (unpaired) electrons. The predicted octanol–water partition coefficient (Wildman–Crippen LogP) is 4.26. The van der Waals surface area contributed by atoms with Crippen LogP contribution in [0.1, 0.15) is 31.2 Å². The fourth-order valence-corrected chi connectivity index (χ4v) is 2.46. The molecule has 0 atom stereocenters. The average molecular weight is 388 g/mol. The van der Waals surface area contributed by atoms with Gasteiger partial charge in [-0.05, 0) is 42.7 Å². The lowest BCUT2D eigenvalue weighted by molar-refractivity contribution is -0.140. The molecule has 150 valence electrons. The minimum atomic E-state index is -0.302. The highest BCUT2D eigenvalue weighted by atomic mass is 19.1. The van der Waals surface area contributed by atoms with Gasteiger partial charge in [0.1, 0.15) is 18.2 Å². The first kappa shape index (κ1) is 21.2. The standard InChI is InChI=1S/C21H25FN2O4/c1-27-20(25)8-3-2-4-13-23-21(26)24-18-6-5-7-19(14-18)28-15-16-9-11-17(22)12-10-16/h5-7,9-12,14H,2-4,8,13,15H2,1H3,(H2,23,24,26). The van der Waals surface area contributed by atoms with Crippen molar-refractivity contribution in [2.45, 2.75) is 32.3 Å². The number of hydrogen-bond acceptors (Lipinski definition) is 4. The second-order valence-corrected chi connectivity index (χ2v) is 6.21. The van der Waals surface area contributed by atoms with Crippen molar-refractivity contribution in [3.63, 3.8) is 0 Å². The van der Waals surface area contributed by atoms with E-state index in [1.165, 1.54) is 19.2 Å². The Morgan fingerprint density at radius 1 is 1.04 bits per heavy atom. The van der Waals surface area contributed by atoms with E-state index in [-0.39, 0.29) is 17.8 Å². The number of carbonyl (C=O) groups excluding carboxylic acids is 2. The van der Waals surface area contributed by atoms with Crippen molar-refractivity contribution < 1.29 is 23.5 Å². The molecule has 2 amide bonds. The number of halogens is 1. The highest BCUT2D eigenvalue weighted by molar-refractivity contribution is 5.89. The maximum atomic E-state index is 12.9. The normalized spacial score (nSPS) is 10.2. The Balaban J connectivity index is 1.69. The minimum Gasteiger partial charge on any atom is -0.489 e. The van der Waals surface area contributed by atoms with Gasteiger partial charge in [-0.3, -0.25) is 4.79 Å². The van der Waals surface area contributed by atoms with Gasteiger partial charge in [0.05, 0.1) is 7.11 Å². The molecule has 2 aromatic rings. The summed E-state index contributed by atoms with van der Waals surface area (Å²) in [6, 6.07) is 12.8. The summed E-state index contributed by atoms with van der Waals surface area (Å²) >= 11 is 0. The Morgan fingerprint density at radius 2 is 1.82 bits per heavy atom. The Hall–Kier alpha value is -3.09. The van der Waals surface area contributed by atoms with Gasteiger partial charge in [0.2, 0.25) is 0 Å². The van der Waals surface area contributed by atoms with Crippen LogP contribution in [0.4, 0.5) is 14.9 Å².